The van der Waals surface area contributed by atoms with E-state index in [0.717, 1.165) is 5.56 Å². The third kappa shape index (κ3) is 4.93. The molecule has 1 heterocycles. The van der Waals surface area contributed by atoms with Gasteiger partial charge in [-0.2, -0.15) is 0 Å². The zero-order valence-electron chi connectivity index (χ0n) is 17.3. The zero-order chi connectivity index (χ0) is 21.0. The van der Waals surface area contributed by atoms with Crippen molar-refractivity contribution in [3.63, 3.8) is 0 Å². The minimum atomic E-state index is -3.52. The lowest BCUT2D eigenvalue weighted by Crippen LogP contribution is -2.46. The van der Waals surface area contributed by atoms with Crippen LogP contribution in [0.5, 0.6) is 0 Å². The van der Waals surface area contributed by atoms with Gasteiger partial charge in [-0.25, -0.2) is 13.1 Å². The molecule has 0 radical (unpaired) electrons. The van der Waals surface area contributed by atoms with Crippen LogP contribution in [0.2, 0.25) is 0 Å². The van der Waals surface area contributed by atoms with Crippen LogP contribution in [-0.4, -0.2) is 38.4 Å². The third-order valence-corrected chi connectivity index (χ3v) is 7.93. The van der Waals surface area contributed by atoms with Gasteiger partial charge in [0.1, 0.15) is 0 Å². The first-order valence-electron chi connectivity index (χ1n) is 11.0. The van der Waals surface area contributed by atoms with Crippen molar-refractivity contribution >= 4 is 15.9 Å². The third-order valence-electron chi connectivity index (χ3n) is 6.39. The molecule has 1 saturated heterocycles. The summed E-state index contributed by atoms with van der Waals surface area (Å²) in [5.74, 6) is 0.672. The monoisotopic (exact) mass is 426 g/mol. The number of hydrogen-bond donors (Lipinski definition) is 1. The van der Waals surface area contributed by atoms with Gasteiger partial charge in [-0.1, -0.05) is 49.6 Å². The van der Waals surface area contributed by atoms with Crippen LogP contribution in [0.25, 0.3) is 0 Å². The molecule has 4 rings (SSSR count). The highest BCUT2D eigenvalue weighted by Gasteiger charge is 2.27. The van der Waals surface area contributed by atoms with Crippen molar-refractivity contribution in [2.75, 3.05) is 13.1 Å². The SMILES string of the molecule is O=C(c1ccc(C2CCCCC2)cc1)N1CCC(NS(=O)(=O)c2ccccc2)CC1. The summed E-state index contributed by atoms with van der Waals surface area (Å²) >= 11 is 0. The highest BCUT2D eigenvalue weighted by atomic mass is 32.2. The van der Waals surface area contributed by atoms with Crippen molar-refractivity contribution in [1.82, 2.24) is 9.62 Å². The van der Waals surface area contributed by atoms with Crippen LogP contribution in [-0.2, 0) is 10.0 Å². The number of sulfonamides is 1. The van der Waals surface area contributed by atoms with Gasteiger partial charge in [-0.3, -0.25) is 4.79 Å². The van der Waals surface area contributed by atoms with E-state index in [-0.39, 0.29) is 16.8 Å². The van der Waals surface area contributed by atoms with Crippen molar-refractivity contribution in [2.24, 2.45) is 0 Å². The standard InChI is InChI=1S/C24H30N2O3S/c27-24(21-13-11-20(12-14-21)19-7-3-1-4-8-19)26-17-15-22(16-18-26)25-30(28,29)23-9-5-2-6-10-23/h2,5-6,9-14,19,22,25H,1,3-4,7-8,15-18H2. The Bertz CT molecular complexity index is 944. The number of piperidine rings is 1. The van der Waals surface area contributed by atoms with E-state index in [9.17, 15) is 13.2 Å². The summed E-state index contributed by atoms with van der Waals surface area (Å²) < 4.78 is 27.8. The van der Waals surface area contributed by atoms with Crippen molar-refractivity contribution < 1.29 is 13.2 Å². The van der Waals surface area contributed by atoms with Crippen LogP contribution < -0.4 is 4.72 Å². The Morgan fingerprint density at radius 3 is 2.10 bits per heavy atom. The van der Waals surface area contributed by atoms with Crippen LogP contribution in [0.4, 0.5) is 0 Å². The van der Waals surface area contributed by atoms with E-state index in [0.29, 0.717) is 31.8 Å². The average molecular weight is 427 g/mol. The summed E-state index contributed by atoms with van der Waals surface area (Å²) in [7, 11) is -3.52. The second kappa shape index (κ2) is 9.31. The molecule has 1 aliphatic carbocycles. The summed E-state index contributed by atoms with van der Waals surface area (Å²) in [6.45, 7) is 1.12. The Balaban J connectivity index is 1.32. The molecule has 0 unspecified atom stereocenters. The highest BCUT2D eigenvalue weighted by Crippen LogP contribution is 2.32. The number of likely N-dealkylation sites (tertiary alicyclic amines) is 1. The summed E-state index contributed by atoms with van der Waals surface area (Å²) in [6.07, 6.45) is 7.68. The lowest BCUT2D eigenvalue weighted by molar-refractivity contribution is 0.0711. The maximum Gasteiger partial charge on any atom is 0.253 e. The van der Waals surface area contributed by atoms with Crippen molar-refractivity contribution in [2.45, 2.75) is 61.8 Å². The highest BCUT2D eigenvalue weighted by molar-refractivity contribution is 7.89. The first kappa shape index (κ1) is 21.1. The van der Waals surface area contributed by atoms with Crippen LogP contribution >= 0.6 is 0 Å². The topological polar surface area (TPSA) is 66.5 Å². The average Bonchev–Trinajstić information content (AvgIpc) is 2.80. The fourth-order valence-corrected chi connectivity index (χ4v) is 5.93. The van der Waals surface area contributed by atoms with Gasteiger partial charge in [0.05, 0.1) is 4.90 Å². The fraction of sp³-hybridized carbons (Fsp3) is 0.458. The lowest BCUT2D eigenvalue weighted by atomic mass is 9.84. The van der Waals surface area contributed by atoms with E-state index < -0.39 is 10.0 Å². The van der Waals surface area contributed by atoms with Gasteiger partial charge in [0.2, 0.25) is 10.0 Å². The summed E-state index contributed by atoms with van der Waals surface area (Å²) in [6, 6.07) is 16.4. The predicted octanol–water partition coefficient (Wildman–Crippen LogP) is 4.32. The molecular formula is C24H30N2O3S. The zero-order valence-corrected chi connectivity index (χ0v) is 18.1. The Labute approximate surface area is 179 Å². The number of nitrogens with one attached hydrogen (secondary N) is 1. The van der Waals surface area contributed by atoms with E-state index in [1.54, 1.807) is 30.3 Å². The molecule has 0 bridgehead atoms. The Morgan fingerprint density at radius 1 is 0.833 bits per heavy atom. The van der Waals surface area contributed by atoms with E-state index >= 15 is 0 Å². The number of nitrogens with zero attached hydrogens (tertiary/aromatic N) is 1. The molecule has 1 amide bonds. The summed E-state index contributed by atoms with van der Waals surface area (Å²) in [5.41, 5.74) is 2.07. The molecule has 1 N–H and O–H groups in total. The van der Waals surface area contributed by atoms with Gasteiger partial charge >= 0.3 is 0 Å². The Morgan fingerprint density at radius 2 is 1.47 bits per heavy atom. The number of carbonyl (C=O) groups is 1. The molecule has 30 heavy (non-hydrogen) atoms. The van der Waals surface area contributed by atoms with E-state index in [1.165, 1.54) is 37.7 Å². The molecule has 0 spiro atoms. The molecule has 2 fully saturated rings. The number of hydrogen-bond acceptors (Lipinski definition) is 3. The minimum absolute atomic E-state index is 0.0366. The predicted molar refractivity (Wildman–Crippen MR) is 118 cm³/mol. The van der Waals surface area contributed by atoms with Crippen LogP contribution in [0.3, 0.4) is 0 Å². The van der Waals surface area contributed by atoms with Gasteiger partial charge in [-0.05, 0) is 61.4 Å². The van der Waals surface area contributed by atoms with Gasteiger partial charge < -0.3 is 4.90 Å². The summed E-state index contributed by atoms with van der Waals surface area (Å²) in [4.78, 5) is 15.0. The van der Waals surface area contributed by atoms with Crippen LogP contribution in [0, 0.1) is 0 Å². The van der Waals surface area contributed by atoms with E-state index in [2.05, 4.69) is 16.9 Å². The molecule has 1 aliphatic heterocycles. The van der Waals surface area contributed by atoms with Gasteiger partial charge in [0.15, 0.2) is 0 Å². The van der Waals surface area contributed by atoms with Gasteiger partial charge in [0, 0.05) is 24.7 Å². The first-order valence-corrected chi connectivity index (χ1v) is 12.5. The second-order valence-corrected chi connectivity index (χ2v) is 10.2. The number of amides is 1. The Hall–Kier alpha value is -2.18. The van der Waals surface area contributed by atoms with Crippen molar-refractivity contribution in [3.05, 3.63) is 65.7 Å². The van der Waals surface area contributed by atoms with Gasteiger partial charge in [-0.15, -0.1) is 0 Å². The quantitative estimate of drug-likeness (QED) is 0.774. The van der Waals surface area contributed by atoms with E-state index in [4.69, 9.17) is 0 Å². The van der Waals surface area contributed by atoms with Crippen LogP contribution in [0.15, 0.2) is 59.5 Å². The lowest BCUT2D eigenvalue weighted by Gasteiger charge is -2.32. The molecule has 0 atom stereocenters. The van der Waals surface area contributed by atoms with Crippen molar-refractivity contribution in [1.29, 1.82) is 0 Å². The number of rotatable bonds is 5. The first-order chi connectivity index (χ1) is 14.5. The smallest absolute Gasteiger partial charge is 0.253 e. The molecule has 1 saturated carbocycles. The van der Waals surface area contributed by atoms with E-state index in [1.807, 2.05) is 17.0 Å². The van der Waals surface area contributed by atoms with Gasteiger partial charge in [0.25, 0.3) is 5.91 Å². The largest absolute Gasteiger partial charge is 0.339 e. The number of carbonyl (C=O) groups excluding carboxylic acids is 1. The van der Waals surface area contributed by atoms with Crippen LogP contribution in [0.1, 0.15) is 66.8 Å². The molecule has 6 heteroatoms. The number of benzene rings is 2. The fourth-order valence-electron chi connectivity index (χ4n) is 4.60. The molecular weight excluding hydrogens is 396 g/mol. The molecule has 2 aromatic carbocycles. The Kier molecular flexibility index (Phi) is 6.54. The maximum absolute atomic E-state index is 12.9. The second-order valence-electron chi connectivity index (χ2n) is 8.46. The minimum Gasteiger partial charge on any atom is -0.339 e. The molecule has 0 aromatic heterocycles. The summed E-state index contributed by atoms with van der Waals surface area (Å²) in [5, 5.41) is 0. The molecule has 2 aliphatic rings. The molecule has 2 aromatic rings. The maximum atomic E-state index is 12.9. The normalized spacial score (nSPS) is 19.0. The van der Waals surface area contributed by atoms with Crippen molar-refractivity contribution in [3.8, 4) is 0 Å². The molecule has 160 valence electrons. The molecule has 5 nitrogen and oxygen atoms in total.